The van der Waals surface area contributed by atoms with Crippen LogP contribution in [0.1, 0.15) is 27.2 Å². The molecule has 0 spiro atoms. The third-order valence-corrected chi connectivity index (χ3v) is 4.27. The van der Waals surface area contributed by atoms with Crippen LogP contribution >= 0.6 is 0 Å². The maximum absolute atomic E-state index is 12.8. The summed E-state index contributed by atoms with van der Waals surface area (Å²) in [5, 5.41) is 2.55. The normalized spacial score (nSPS) is 12.0. The minimum Gasteiger partial charge on any atom is -0.444 e. The molecule has 9 heteroatoms. The van der Waals surface area contributed by atoms with E-state index in [2.05, 4.69) is 10.0 Å². The van der Waals surface area contributed by atoms with Crippen LogP contribution in [0.25, 0.3) is 0 Å². The van der Waals surface area contributed by atoms with Gasteiger partial charge in [0, 0.05) is 19.7 Å². The Morgan fingerprint density at radius 2 is 1.76 bits per heavy atom. The SMILES string of the molecule is CC(C)(C)OC(=O)NCCOCCCNS(=O)(=O)c1ccc(F)cc1. The molecule has 0 unspecified atom stereocenters. The molecule has 7 nitrogen and oxygen atoms in total. The number of carbonyl (C=O) groups excluding carboxylic acids is 1. The second kappa shape index (κ2) is 9.69. The number of benzene rings is 1. The number of hydrogen-bond acceptors (Lipinski definition) is 5. The highest BCUT2D eigenvalue weighted by Crippen LogP contribution is 2.09. The molecule has 0 aliphatic rings. The van der Waals surface area contributed by atoms with Crippen molar-refractivity contribution < 1.29 is 27.1 Å². The van der Waals surface area contributed by atoms with Gasteiger partial charge in [0.1, 0.15) is 11.4 Å². The number of sulfonamides is 1. The molecule has 0 aliphatic carbocycles. The number of amides is 1. The van der Waals surface area contributed by atoms with E-state index in [-0.39, 0.29) is 11.4 Å². The summed E-state index contributed by atoms with van der Waals surface area (Å²) in [5.41, 5.74) is -0.549. The Labute approximate surface area is 147 Å². The Balaban J connectivity index is 2.12. The average molecular weight is 376 g/mol. The first kappa shape index (κ1) is 21.3. The Hall–Kier alpha value is -1.71. The summed E-state index contributed by atoms with van der Waals surface area (Å²) < 4.78 is 49.4. The minimum absolute atomic E-state index is 0.0105. The van der Waals surface area contributed by atoms with Gasteiger partial charge in [0.2, 0.25) is 10.0 Å². The number of halogens is 1. The van der Waals surface area contributed by atoms with Crippen molar-refractivity contribution in [2.24, 2.45) is 0 Å². The van der Waals surface area contributed by atoms with Gasteiger partial charge < -0.3 is 14.8 Å². The standard InChI is InChI=1S/C16H25FN2O5S/c1-16(2,3)24-15(20)18-10-12-23-11-4-9-19-25(21,22)14-7-5-13(17)6-8-14/h5-8,19H,4,9-12H2,1-3H3,(H,18,20). The predicted molar refractivity (Wildman–Crippen MR) is 91.3 cm³/mol. The van der Waals surface area contributed by atoms with Crippen molar-refractivity contribution in [1.29, 1.82) is 0 Å². The summed E-state index contributed by atoms with van der Waals surface area (Å²) in [4.78, 5) is 11.4. The minimum atomic E-state index is -3.65. The number of alkyl carbamates (subject to hydrolysis) is 1. The lowest BCUT2D eigenvalue weighted by Gasteiger charge is -2.19. The van der Waals surface area contributed by atoms with E-state index in [0.717, 1.165) is 12.1 Å². The summed E-state index contributed by atoms with van der Waals surface area (Å²) in [7, 11) is -3.65. The smallest absolute Gasteiger partial charge is 0.407 e. The number of rotatable bonds is 9. The third kappa shape index (κ3) is 9.37. The van der Waals surface area contributed by atoms with Gasteiger partial charge in [0.15, 0.2) is 0 Å². The zero-order valence-electron chi connectivity index (χ0n) is 14.7. The molecule has 1 aromatic carbocycles. The zero-order chi connectivity index (χ0) is 18.9. The van der Waals surface area contributed by atoms with Crippen LogP contribution in [0.15, 0.2) is 29.2 Å². The summed E-state index contributed by atoms with van der Waals surface area (Å²) in [6, 6.07) is 4.59. The highest BCUT2D eigenvalue weighted by molar-refractivity contribution is 7.89. The fourth-order valence-corrected chi connectivity index (χ4v) is 2.79. The second-order valence-electron chi connectivity index (χ2n) is 6.25. The molecule has 0 saturated carbocycles. The van der Waals surface area contributed by atoms with Gasteiger partial charge in [-0.2, -0.15) is 0 Å². The molecule has 0 aliphatic heterocycles. The monoisotopic (exact) mass is 376 g/mol. The lowest BCUT2D eigenvalue weighted by molar-refractivity contribution is 0.0499. The fourth-order valence-electron chi connectivity index (χ4n) is 1.72. The van der Waals surface area contributed by atoms with E-state index in [1.807, 2.05) is 0 Å². The zero-order valence-corrected chi connectivity index (χ0v) is 15.5. The van der Waals surface area contributed by atoms with Crippen LogP contribution in [0, 0.1) is 5.82 Å². The summed E-state index contributed by atoms with van der Waals surface area (Å²) in [5.74, 6) is -0.493. The summed E-state index contributed by atoms with van der Waals surface area (Å²) in [6.07, 6.45) is -0.0458. The van der Waals surface area contributed by atoms with Gasteiger partial charge >= 0.3 is 6.09 Å². The number of carbonyl (C=O) groups is 1. The molecule has 1 rings (SSSR count). The summed E-state index contributed by atoms with van der Waals surface area (Å²) in [6.45, 7) is 6.45. The Kier molecular flexibility index (Phi) is 8.27. The molecule has 1 amide bonds. The van der Waals surface area contributed by atoms with Gasteiger partial charge in [-0.05, 0) is 51.5 Å². The van der Waals surface area contributed by atoms with E-state index in [1.165, 1.54) is 12.1 Å². The van der Waals surface area contributed by atoms with Crippen LogP contribution in [0.3, 0.4) is 0 Å². The van der Waals surface area contributed by atoms with E-state index in [4.69, 9.17) is 9.47 Å². The van der Waals surface area contributed by atoms with Gasteiger partial charge in [-0.3, -0.25) is 0 Å². The molecular weight excluding hydrogens is 351 g/mol. The van der Waals surface area contributed by atoms with Crippen LogP contribution in [0.5, 0.6) is 0 Å². The summed E-state index contributed by atoms with van der Waals surface area (Å²) >= 11 is 0. The quantitative estimate of drug-likeness (QED) is 0.643. The fraction of sp³-hybridized carbons (Fsp3) is 0.562. The topological polar surface area (TPSA) is 93.7 Å². The molecule has 142 valence electrons. The van der Waals surface area contributed by atoms with Gasteiger partial charge in [-0.15, -0.1) is 0 Å². The molecule has 0 bridgehead atoms. The van der Waals surface area contributed by atoms with E-state index in [0.29, 0.717) is 26.2 Å². The number of nitrogens with one attached hydrogen (secondary N) is 2. The van der Waals surface area contributed by atoms with E-state index in [9.17, 15) is 17.6 Å². The maximum atomic E-state index is 12.8. The Bertz CT molecular complexity index is 641. The first-order chi connectivity index (χ1) is 11.6. The highest BCUT2D eigenvalue weighted by atomic mass is 32.2. The van der Waals surface area contributed by atoms with Gasteiger partial charge in [0.05, 0.1) is 11.5 Å². The molecule has 0 heterocycles. The van der Waals surface area contributed by atoms with Crippen molar-refractivity contribution in [3.63, 3.8) is 0 Å². The van der Waals surface area contributed by atoms with Crippen LogP contribution in [0.2, 0.25) is 0 Å². The van der Waals surface area contributed by atoms with E-state index in [1.54, 1.807) is 20.8 Å². The predicted octanol–water partition coefficient (Wildman–Crippen LogP) is 2.04. The van der Waals surface area contributed by atoms with Crippen LogP contribution in [-0.4, -0.2) is 46.4 Å². The lowest BCUT2D eigenvalue weighted by atomic mass is 10.2. The van der Waals surface area contributed by atoms with Crippen molar-refractivity contribution >= 4 is 16.1 Å². The van der Waals surface area contributed by atoms with E-state index >= 15 is 0 Å². The van der Waals surface area contributed by atoms with Crippen molar-refractivity contribution in [3.05, 3.63) is 30.1 Å². The molecule has 25 heavy (non-hydrogen) atoms. The van der Waals surface area contributed by atoms with E-state index < -0.39 is 27.5 Å². The third-order valence-electron chi connectivity index (χ3n) is 2.80. The maximum Gasteiger partial charge on any atom is 0.407 e. The second-order valence-corrected chi connectivity index (χ2v) is 8.01. The van der Waals surface area contributed by atoms with Gasteiger partial charge in [-0.25, -0.2) is 22.3 Å². The van der Waals surface area contributed by atoms with Crippen LogP contribution in [0.4, 0.5) is 9.18 Å². The molecule has 0 atom stereocenters. The number of hydrogen-bond donors (Lipinski definition) is 2. The van der Waals surface area contributed by atoms with Crippen LogP contribution < -0.4 is 10.0 Å². The van der Waals surface area contributed by atoms with Crippen LogP contribution in [-0.2, 0) is 19.5 Å². The number of ether oxygens (including phenoxy) is 2. The van der Waals surface area contributed by atoms with Crippen molar-refractivity contribution in [3.8, 4) is 0 Å². The molecule has 2 N–H and O–H groups in total. The van der Waals surface area contributed by atoms with Crippen molar-refractivity contribution in [2.75, 3.05) is 26.3 Å². The Morgan fingerprint density at radius 1 is 1.12 bits per heavy atom. The first-order valence-electron chi connectivity index (χ1n) is 7.90. The lowest BCUT2D eigenvalue weighted by Crippen LogP contribution is -2.34. The van der Waals surface area contributed by atoms with Gasteiger partial charge in [0.25, 0.3) is 0 Å². The molecule has 0 fully saturated rings. The molecule has 1 aromatic rings. The largest absolute Gasteiger partial charge is 0.444 e. The van der Waals surface area contributed by atoms with Crippen molar-refractivity contribution in [2.45, 2.75) is 37.7 Å². The molecule has 0 aromatic heterocycles. The molecule has 0 radical (unpaired) electrons. The van der Waals surface area contributed by atoms with Crippen molar-refractivity contribution in [1.82, 2.24) is 10.0 Å². The van der Waals surface area contributed by atoms with Gasteiger partial charge in [-0.1, -0.05) is 0 Å². The molecular formula is C16H25FN2O5S. The average Bonchev–Trinajstić information content (AvgIpc) is 2.48. The first-order valence-corrected chi connectivity index (χ1v) is 9.38. The molecule has 0 saturated heterocycles. The highest BCUT2D eigenvalue weighted by Gasteiger charge is 2.15. The Morgan fingerprint density at radius 3 is 2.36 bits per heavy atom.